The van der Waals surface area contributed by atoms with E-state index in [1.54, 1.807) is 25.1 Å². The number of nitrogens with zero attached hydrogens (tertiary/aromatic N) is 1. The smallest absolute Gasteiger partial charge is 0.179 e. The Labute approximate surface area is 145 Å². The molecule has 2 aromatic rings. The van der Waals surface area contributed by atoms with Gasteiger partial charge in [0.05, 0.1) is 11.3 Å². The molecule has 1 heterocycles. The van der Waals surface area contributed by atoms with Gasteiger partial charge in [0.25, 0.3) is 0 Å². The number of carbonyl (C=O) groups is 1. The number of Topliss-reactive ketones (excluding diaryl/α,β-unsaturated/α-hetero) is 1. The number of ketones is 1. The van der Waals surface area contributed by atoms with Gasteiger partial charge in [0.15, 0.2) is 21.4 Å². The molecular formula is C17H20FNO5S. The number of benzene rings is 1. The largest absolute Gasteiger partial charge is 0.389 e. The molecule has 0 saturated heterocycles. The molecule has 0 amide bonds. The van der Waals surface area contributed by atoms with Gasteiger partial charge in [-0.25, -0.2) is 12.8 Å². The van der Waals surface area contributed by atoms with Crippen LogP contribution in [0.2, 0.25) is 0 Å². The Morgan fingerprint density at radius 3 is 2.68 bits per heavy atom. The predicted octanol–water partition coefficient (Wildman–Crippen LogP) is 2.09. The third-order valence-electron chi connectivity index (χ3n) is 4.43. The average molecular weight is 369 g/mol. The van der Waals surface area contributed by atoms with E-state index >= 15 is 0 Å². The summed E-state index contributed by atoms with van der Waals surface area (Å²) in [5, 5.41) is 12.9. The van der Waals surface area contributed by atoms with Gasteiger partial charge in [-0.05, 0) is 38.3 Å². The molecular weight excluding hydrogens is 349 g/mol. The molecule has 1 aromatic heterocycles. The second kappa shape index (κ2) is 7.05. The summed E-state index contributed by atoms with van der Waals surface area (Å²) >= 11 is 0. The second-order valence-corrected chi connectivity index (χ2v) is 8.65. The number of halogens is 1. The van der Waals surface area contributed by atoms with Crippen LogP contribution in [0.4, 0.5) is 4.39 Å². The first-order valence-corrected chi connectivity index (χ1v) is 9.54. The van der Waals surface area contributed by atoms with Crippen molar-refractivity contribution in [3.05, 3.63) is 41.3 Å². The van der Waals surface area contributed by atoms with Crippen LogP contribution in [-0.4, -0.2) is 42.1 Å². The molecule has 6 nitrogen and oxygen atoms in total. The van der Waals surface area contributed by atoms with E-state index in [0.29, 0.717) is 11.3 Å². The summed E-state index contributed by atoms with van der Waals surface area (Å²) in [6.07, 6.45) is 1.02. The van der Waals surface area contributed by atoms with E-state index in [1.807, 2.05) is 0 Å². The fraction of sp³-hybridized carbons (Fsp3) is 0.412. The molecule has 0 unspecified atom stereocenters. The van der Waals surface area contributed by atoms with Gasteiger partial charge < -0.3 is 9.63 Å². The van der Waals surface area contributed by atoms with Crippen molar-refractivity contribution in [3.63, 3.8) is 0 Å². The molecule has 0 spiro atoms. The zero-order valence-electron chi connectivity index (χ0n) is 14.2. The molecule has 25 heavy (non-hydrogen) atoms. The highest BCUT2D eigenvalue weighted by molar-refractivity contribution is 7.92. The molecule has 1 atom stereocenters. The summed E-state index contributed by atoms with van der Waals surface area (Å²) in [5.74, 6) is -0.962. The Kier molecular flexibility index (Phi) is 5.43. The number of aromatic nitrogens is 1. The van der Waals surface area contributed by atoms with E-state index in [4.69, 9.17) is 9.63 Å². The van der Waals surface area contributed by atoms with Crippen molar-refractivity contribution in [3.8, 4) is 11.3 Å². The van der Waals surface area contributed by atoms with Crippen molar-refractivity contribution in [2.75, 3.05) is 12.9 Å². The van der Waals surface area contributed by atoms with Crippen molar-refractivity contribution in [1.29, 1.82) is 0 Å². The van der Waals surface area contributed by atoms with Crippen LogP contribution in [0.5, 0.6) is 0 Å². The minimum atomic E-state index is -3.73. The lowest BCUT2D eigenvalue weighted by Gasteiger charge is -2.24. The number of rotatable bonds is 7. The zero-order chi connectivity index (χ0) is 18.8. The number of aryl methyl sites for hydroxylation is 2. The fourth-order valence-electron chi connectivity index (χ4n) is 2.46. The predicted molar refractivity (Wildman–Crippen MR) is 90.3 cm³/mol. The number of aliphatic hydroxyl groups excluding tert-OH is 1. The van der Waals surface area contributed by atoms with E-state index in [-0.39, 0.29) is 24.2 Å². The second-order valence-electron chi connectivity index (χ2n) is 6.20. The first-order chi connectivity index (χ1) is 11.6. The SMILES string of the molecule is Cc1cccc(-c2cc(CC[C@](C)(C(=O)CO)S(C)(=O)=O)no2)c1F. The van der Waals surface area contributed by atoms with Gasteiger partial charge in [0.2, 0.25) is 0 Å². The van der Waals surface area contributed by atoms with Crippen LogP contribution in [0.3, 0.4) is 0 Å². The fourth-order valence-corrected chi connectivity index (χ4v) is 3.41. The zero-order valence-corrected chi connectivity index (χ0v) is 15.1. The van der Waals surface area contributed by atoms with Crippen molar-refractivity contribution >= 4 is 15.6 Å². The number of hydrogen-bond donors (Lipinski definition) is 1. The Bertz CT molecular complexity index is 890. The molecule has 8 heteroatoms. The number of carbonyl (C=O) groups excluding carboxylic acids is 1. The maximum absolute atomic E-state index is 14.1. The molecule has 0 aliphatic heterocycles. The summed E-state index contributed by atoms with van der Waals surface area (Å²) in [4.78, 5) is 11.9. The molecule has 0 aliphatic rings. The summed E-state index contributed by atoms with van der Waals surface area (Å²) in [7, 11) is -3.73. The topological polar surface area (TPSA) is 97.5 Å². The van der Waals surface area contributed by atoms with Crippen LogP contribution >= 0.6 is 0 Å². The molecule has 136 valence electrons. The van der Waals surface area contributed by atoms with Gasteiger partial charge >= 0.3 is 0 Å². The minimum absolute atomic E-state index is 0.0620. The van der Waals surface area contributed by atoms with Crippen LogP contribution in [0.1, 0.15) is 24.6 Å². The van der Waals surface area contributed by atoms with Gasteiger partial charge in [-0.1, -0.05) is 17.3 Å². The lowest BCUT2D eigenvalue weighted by atomic mass is 9.98. The lowest BCUT2D eigenvalue weighted by molar-refractivity contribution is -0.124. The van der Waals surface area contributed by atoms with E-state index < -0.39 is 32.8 Å². The Balaban J connectivity index is 2.24. The summed E-state index contributed by atoms with van der Waals surface area (Å²) in [6, 6.07) is 6.40. The van der Waals surface area contributed by atoms with Crippen molar-refractivity contribution < 1.29 is 27.2 Å². The number of sulfone groups is 1. The molecule has 2 rings (SSSR count). The Hall–Kier alpha value is -2.06. The Morgan fingerprint density at radius 1 is 1.40 bits per heavy atom. The highest BCUT2D eigenvalue weighted by Crippen LogP contribution is 2.28. The highest BCUT2D eigenvalue weighted by Gasteiger charge is 2.42. The summed E-state index contributed by atoms with van der Waals surface area (Å²) in [6.45, 7) is 2.05. The van der Waals surface area contributed by atoms with Gasteiger partial charge in [0.1, 0.15) is 17.2 Å². The molecule has 0 bridgehead atoms. The maximum atomic E-state index is 14.1. The van der Waals surface area contributed by atoms with Crippen LogP contribution < -0.4 is 0 Å². The maximum Gasteiger partial charge on any atom is 0.179 e. The standard InChI is InChI=1S/C17H20FNO5S/c1-11-5-4-6-13(16(11)18)14-9-12(19-24-14)7-8-17(2,15(21)10-20)25(3,22)23/h4-6,9,20H,7-8,10H2,1-3H3/t17-/m1/s1. The monoisotopic (exact) mass is 369 g/mol. The lowest BCUT2D eigenvalue weighted by Crippen LogP contribution is -2.45. The molecule has 0 saturated carbocycles. The quantitative estimate of drug-likeness (QED) is 0.803. The molecule has 1 N–H and O–H groups in total. The third-order valence-corrected chi connectivity index (χ3v) is 6.49. The molecule has 0 aliphatic carbocycles. The molecule has 1 aromatic carbocycles. The number of hydrogen-bond acceptors (Lipinski definition) is 6. The van der Waals surface area contributed by atoms with Gasteiger partial charge in [-0.2, -0.15) is 0 Å². The van der Waals surface area contributed by atoms with Crippen molar-refractivity contribution in [1.82, 2.24) is 5.16 Å². The normalized spacial score (nSPS) is 14.3. The average Bonchev–Trinajstić information content (AvgIpc) is 3.02. The van der Waals surface area contributed by atoms with Crippen molar-refractivity contribution in [2.45, 2.75) is 31.4 Å². The Morgan fingerprint density at radius 2 is 2.08 bits per heavy atom. The summed E-state index contributed by atoms with van der Waals surface area (Å²) < 4.78 is 41.5. The van der Waals surface area contributed by atoms with Crippen LogP contribution in [0, 0.1) is 12.7 Å². The van der Waals surface area contributed by atoms with Crippen LogP contribution in [0.25, 0.3) is 11.3 Å². The first-order valence-electron chi connectivity index (χ1n) is 7.65. The summed E-state index contributed by atoms with van der Waals surface area (Å²) in [5.41, 5.74) is 1.13. The van der Waals surface area contributed by atoms with Gasteiger partial charge in [-0.3, -0.25) is 4.79 Å². The molecule has 0 radical (unpaired) electrons. The molecule has 0 fully saturated rings. The first kappa shape index (κ1) is 19.3. The van der Waals surface area contributed by atoms with E-state index in [1.165, 1.54) is 13.0 Å². The van der Waals surface area contributed by atoms with E-state index in [0.717, 1.165) is 6.26 Å². The van der Waals surface area contributed by atoms with E-state index in [2.05, 4.69) is 5.16 Å². The van der Waals surface area contributed by atoms with Gasteiger partial charge in [-0.15, -0.1) is 0 Å². The van der Waals surface area contributed by atoms with Gasteiger partial charge in [0, 0.05) is 12.3 Å². The van der Waals surface area contributed by atoms with Crippen molar-refractivity contribution in [2.24, 2.45) is 0 Å². The minimum Gasteiger partial charge on any atom is -0.389 e. The van der Waals surface area contributed by atoms with Crippen LogP contribution in [-0.2, 0) is 21.1 Å². The van der Waals surface area contributed by atoms with Crippen LogP contribution in [0.15, 0.2) is 28.8 Å². The highest BCUT2D eigenvalue weighted by atomic mass is 32.2. The third kappa shape index (κ3) is 3.80. The van der Waals surface area contributed by atoms with E-state index in [9.17, 15) is 17.6 Å². The number of aliphatic hydroxyl groups is 1.